The Labute approximate surface area is 155 Å². The first-order chi connectivity index (χ1) is 12.3. The van der Waals surface area contributed by atoms with Crippen molar-refractivity contribution in [2.24, 2.45) is 11.1 Å². The molecule has 0 aliphatic heterocycles. The van der Waals surface area contributed by atoms with Crippen molar-refractivity contribution in [1.82, 2.24) is 10.3 Å². The first kappa shape index (κ1) is 18.9. The molecule has 2 aromatic rings. The van der Waals surface area contributed by atoms with Gasteiger partial charge in [0.25, 0.3) is 0 Å². The molecule has 5 nitrogen and oxygen atoms in total. The molecule has 3 rings (SSSR count). The van der Waals surface area contributed by atoms with Gasteiger partial charge in [-0.05, 0) is 30.9 Å². The third-order valence-corrected chi connectivity index (χ3v) is 6.18. The van der Waals surface area contributed by atoms with Gasteiger partial charge in [-0.3, -0.25) is 4.79 Å². The lowest BCUT2D eigenvalue weighted by Gasteiger charge is -2.57. The van der Waals surface area contributed by atoms with Gasteiger partial charge in [-0.1, -0.05) is 39.0 Å². The van der Waals surface area contributed by atoms with Crippen LogP contribution in [0.15, 0.2) is 24.4 Å². The van der Waals surface area contributed by atoms with Crippen LogP contribution in [0.5, 0.6) is 0 Å². The Morgan fingerprint density at radius 2 is 2.12 bits per heavy atom. The van der Waals surface area contributed by atoms with Crippen molar-refractivity contribution in [3.8, 4) is 0 Å². The number of nitrogens with one attached hydrogen (secondary N) is 2. The predicted octanol–water partition coefficient (Wildman–Crippen LogP) is 2.92. The van der Waals surface area contributed by atoms with Gasteiger partial charge in [0.1, 0.15) is 5.54 Å². The highest BCUT2D eigenvalue weighted by atomic mass is 16.5. The quantitative estimate of drug-likeness (QED) is 0.713. The molecule has 2 unspecified atom stereocenters. The van der Waals surface area contributed by atoms with Crippen LogP contribution in [-0.2, 0) is 22.4 Å². The summed E-state index contributed by atoms with van der Waals surface area (Å²) in [5, 5.41) is 4.28. The van der Waals surface area contributed by atoms with Gasteiger partial charge in [-0.2, -0.15) is 0 Å². The van der Waals surface area contributed by atoms with Gasteiger partial charge in [-0.15, -0.1) is 0 Å². The Hall–Kier alpha value is -1.85. The number of rotatable bonds is 7. The number of para-hydroxylation sites is 1. The lowest BCUT2D eigenvalue weighted by Crippen LogP contribution is -2.75. The molecule has 1 aromatic heterocycles. The van der Waals surface area contributed by atoms with E-state index in [1.54, 1.807) is 0 Å². The average Bonchev–Trinajstić information content (AvgIpc) is 3.04. The van der Waals surface area contributed by atoms with Crippen LogP contribution in [0.2, 0.25) is 0 Å². The fourth-order valence-corrected chi connectivity index (χ4v) is 4.07. The first-order valence-electron chi connectivity index (χ1n) is 9.61. The molecule has 1 heterocycles. The lowest BCUT2D eigenvalue weighted by atomic mass is 9.54. The van der Waals surface area contributed by atoms with Gasteiger partial charge < -0.3 is 20.8 Å². The van der Waals surface area contributed by atoms with Crippen LogP contribution >= 0.6 is 0 Å². The summed E-state index contributed by atoms with van der Waals surface area (Å²) in [4.78, 5) is 16.1. The maximum Gasteiger partial charge on any atom is 0.240 e. The number of ether oxygens (including phenoxy) is 1. The summed E-state index contributed by atoms with van der Waals surface area (Å²) in [5.74, 6) is -0.0764. The van der Waals surface area contributed by atoms with E-state index >= 15 is 0 Å². The van der Waals surface area contributed by atoms with Crippen LogP contribution in [-0.4, -0.2) is 35.7 Å². The van der Waals surface area contributed by atoms with Crippen LogP contribution < -0.4 is 11.1 Å². The van der Waals surface area contributed by atoms with Gasteiger partial charge in [0, 0.05) is 42.1 Å². The maximum absolute atomic E-state index is 12.7. The molecule has 0 saturated heterocycles. The molecule has 0 radical (unpaired) electrons. The molecule has 1 saturated carbocycles. The fourth-order valence-electron chi connectivity index (χ4n) is 4.07. The summed E-state index contributed by atoms with van der Waals surface area (Å²) in [6.07, 6.45) is 4.45. The smallest absolute Gasteiger partial charge is 0.240 e. The first-order valence-corrected chi connectivity index (χ1v) is 9.61. The highest BCUT2D eigenvalue weighted by molar-refractivity contribution is 5.89. The second-order valence-corrected chi connectivity index (χ2v) is 7.85. The van der Waals surface area contributed by atoms with E-state index in [4.69, 9.17) is 10.5 Å². The van der Waals surface area contributed by atoms with E-state index in [0.29, 0.717) is 19.6 Å². The largest absolute Gasteiger partial charge is 0.378 e. The minimum Gasteiger partial charge on any atom is -0.378 e. The zero-order valence-electron chi connectivity index (χ0n) is 16.3. The molecular weight excluding hydrogens is 326 g/mol. The Morgan fingerprint density at radius 1 is 1.35 bits per heavy atom. The Morgan fingerprint density at radius 3 is 2.77 bits per heavy atom. The Balaban J connectivity index is 1.61. The molecule has 142 valence electrons. The standard InChI is InChI=1S/C21H31N3O2/c1-5-14-8-7-9-16-15(13-24-18(14)16)10-11-23-19(25)21(22)12-17(26-6-2)20(21,3)4/h7-9,13,17,24H,5-6,10-12,22H2,1-4H3,(H,23,25). The van der Waals surface area contributed by atoms with E-state index in [2.05, 4.69) is 35.4 Å². The topological polar surface area (TPSA) is 80.1 Å². The van der Waals surface area contributed by atoms with Crippen LogP contribution in [0.1, 0.15) is 45.2 Å². The number of carbonyl (C=O) groups is 1. The van der Waals surface area contributed by atoms with Crippen LogP contribution in [0, 0.1) is 5.41 Å². The molecule has 1 aromatic carbocycles. The van der Waals surface area contributed by atoms with Gasteiger partial charge in [0.05, 0.1) is 6.10 Å². The molecule has 26 heavy (non-hydrogen) atoms. The molecule has 1 amide bonds. The van der Waals surface area contributed by atoms with E-state index in [9.17, 15) is 4.79 Å². The van der Waals surface area contributed by atoms with Gasteiger partial charge >= 0.3 is 0 Å². The number of aromatic nitrogens is 1. The van der Waals surface area contributed by atoms with Crippen molar-refractivity contribution in [2.75, 3.05) is 13.2 Å². The minimum absolute atomic E-state index is 0.0457. The molecule has 1 aliphatic rings. The number of hydrogen-bond donors (Lipinski definition) is 3. The number of aryl methyl sites for hydroxylation is 1. The summed E-state index contributed by atoms with van der Waals surface area (Å²) in [6.45, 7) is 9.39. The zero-order chi connectivity index (χ0) is 18.9. The molecule has 0 bridgehead atoms. The fraction of sp³-hybridized carbons (Fsp3) is 0.571. The number of hydrogen-bond acceptors (Lipinski definition) is 3. The minimum atomic E-state index is -0.859. The van der Waals surface area contributed by atoms with Gasteiger partial charge in [0.15, 0.2) is 0 Å². The van der Waals surface area contributed by atoms with Crippen molar-refractivity contribution < 1.29 is 9.53 Å². The van der Waals surface area contributed by atoms with Crippen molar-refractivity contribution in [1.29, 1.82) is 0 Å². The van der Waals surface area contributed by atoms with E-state index in [1.807, 2.05) is 27.0 Å². The number of aromatic amines is 1. The van der Waals surface area contributed by atoms with Crippen LogP contribution in [0.3, 0.4) is 0 Å². The van der Waals surface area contributed by atoms with E-state index in [-0.39, 0.29) is 17.4 Å². The number of nitrogens with two attached hydrogens (primary N) is 1. The van der Waals surface area contributed by atoms with Crippen molar-refractivity contribution >= 4 is 16.8 Å². The molecule has 1 aliphatic carbocycles. The molecule has 1 fully saturated rings. The summed E-state index contributed by atoms with van der Waals surface area (Å²) >= 11 is 0. The summed E-state index contributed by atoms with van der Waals surface area (Å²) in [6, 6.07) is 6.38. The number of carbonyl (C=O) groups excluding carboxylic acids is 1. The average molecular weight is 357 g/mol. The van der Waals surface area contributed by atoms with E-state index < -0.39 is 5.54 Å². The number of H-pyrrole nitrogens is 1. The van der Waals surface area contributed by atoms with E-state index in [1.165, 1.54) is 22.0 Å². The zero-order valence-corrected chi connectivity index (χ0v) is 16.3. The van der Waals surface area contributed by atoms with Gasteiger partial charge in [-0.25, -0.2) is 0 Å². The normalized spacial score (nSPS) is 24.4. The van der Waals surface area contributed by atoms with Crippen LogP contribution in [0.25, 0.3) is 10.9 Å². The third-order valence-electron chi connectivity index (χ3n) is 6.18. The van der Waals surface area contributed by atoms with Crippen LogP contribution in [0.4, 0.5) is 0 Å². The van der Waals surface area contributed by atoms with Gasteiger partial charge in [0.2, 0.25) is 5.91 Å². The van der Waals surface area contributed by atoms with Crippen molar-refractivity contribution in [3.63, 3.8) is 0 Å². The maximum atomic E-state index is 12.7. The highest BCUT2D eigenvalue weighted by Crippen LogP contribution is 2.49. The second kappa shape index (κ2) is 7.05. The molecule has 0 spiro atoms. The monoisotopic (exact) mass is 357 g/mol. The molecular formula is C21H31N3O2. The SMILES string of the molecule is CCOC1CC(N)(C(=O)NCCc2c[nH]c3c(CC)cccc23)C1(C)C. The Bertz CT molecular complexity index is 796. The van der Waals surface area contributed by atoms with Crippen molar-refractivity contribution in [2.45, 2.75) is 58.6 Å². The second-order valence-electron chi connectivity index (χ2n) is 7.85. The van der Waals surface area contributed by atoms with Crippen molar-refractivity contribution in [3.05, 3.63) is 35.5 Å². The number of amides is 1. The van der Waals surface area contributed by atoms with E-state index in [0.717, 1.165) is 12.8 Å². The summed E-state index contributed by atoms with van der Waals surface area (Å²) < 4.78 is 5.71. The Kier molecular flexibility index (Phi) is 5.13. The predicted molar refractivity (Wildman–Crippen MR) is 105 cm³/mol. The molecule has 4 N–H and O–H groups in total. The lowest BCUT2D eigenvalue weighted by molar-refractivity contribution is -0.170. The third kappa shape index (κ3) is 2.93. The number of benzene rings is 1. The number of fused-ring (bicyclic) bond motifs is 1. The summed E-state index contributed by atoms with van der Waals surface area (Å²) in [7, 11) is 0. The molecule has 2 atom stereocenters. The molecule has 5 heteroatoms. The summed E-state index contributed by atoms with van der Waals surface area (Å²) in [5.41, 5.74) is 8.96. The highest BCUT2D eigenvalue weighted by Gasteiger charge is 2.62.